The molecule has 0 amide bonds. The Bertz CT molecular complexity index is 595. The van der Waals surface area contributed by atoms with E-state index in [0.29, 0.717) is 22.1 Å². The van der Waals surface area contributed by atoms with E-state index in [4.69, 9.17) is 10.5 Å². The zero-order chi connectivity index (χ0) is 14.9. The second kappa shape index (κ2) is 5.71. The van der Waals surface area contributed by atoms with Gasteiger partial charge in [0.15, 0.2) is 0 Å². The molecule has 0 radical (unpaired) electrons. The summed E-state index contributed by atoms with van der Waals surface area (Å²) in [6.07, 6.45) is 2.20. The number of benzene rings is 1. The van der Waals surface area contributed by atoms with Crippen LogP contribution in [0.25, 0.3) is 0 Å². The highest BCUT2D eigenvalue weighted by molar-refractivity contribution is 7.89. The molecule has 1 aromatic carbocycles. The summed E-state index contributed by atoms with van der Waals surface area (Å²) in [5.41, 5.74) is 7.39. The van der Waals surface area contributed by atoms with Crippen molar-refractivity contribution in [2.45, 2.75) is 37.6 Å². The van der Waals surface area contributed by atoms with Crippen LogP contribution in [0.1, 0.15) is 24.0 Å². The third-order valence-electron chi connectivity index (χ3n) is 3.72. The highest BCUT2D eigenvalue weighted by Crippen LogP contribution is 2.31. The van der Waals surface area contributed by atoms with Crippen LogP contribution < -0.4 is 15.2 Å². The molecule has 112 valence electrons. The van der Waals surface area contributed by atoms with Gasteiger partial charge >= 0.3 is 0 Å². The van der Waals surface area contributed by atoms with E-state index >= 15 is 0 Å². The van der Waals surface area contributed by atoms with E-state index < -0.39 is 10.0 Å². The van der Waals surface area contributed by atoms with Gasteiger partial charge in [0.1, 0.15) is 5.75 Å². The van der Waals surface area contributed by atoms with Crippen LogP contribution in [-0.4, -0.2) is 28.1 Å². The fourth-order valence-corrected chi connectivity index (χ4v) is 3.63. The lowest BCUT2D eigenvalue weighted by atomic mass is 10.1. The number of methoxy groups -OCH3 is 1. The number of hydrogen-bond acceptors (Lipinski definition) is 4. The molecule has 1 aliphatic carbocycles. The van der Waals surface area contributed by atoms with Crippen LogP contribution in [0.4, 0.5) is 0 Å². The van der Waals surface area contributed by atoms with Crippen molar-refractivity contribution in [1.82, 2.24) is 4.72 Å². The average Bonchev–Trinajstić information content (AvgIpc) is 3.22. The summed E-state index contributed by atoms with van der Waals surface area (Å²) in [7, 11) is -1.95. The summed E-state index contributed by atoms with van der Waals surface area (Å²) >= 11 is 0. The van der Waals surface area contributed by atoms with Gasteiger partial charge in [-0.15, -0.1) is 0 Å². The first-order chi connectivity index (χ1) is 9.35. The van der Waals surface area contributed by atoms with E-state index in [-0.39, 0.29) is 12.6 Å². The molecule has 1 aromatic rings. The van der Waals surface area contributed by atoms with Crippen molar-refractivity contribution in [2.24, 2.45) is 11.7 Å². The zero-order valence-electron chi connectivity index (χ0n) is 12.1. The van der Waals surface area contributed by atoms with E-state index in [1.165, 1.54) is 0 Å². The SMILES string of the molecule is COc1cc(C)c(S(=O)(=O)NCC(N)C2CC2)cc1C. The summed E-state index contributed by atoms with van der Waals surface area (Å²) in [5, 5.41) is 0. The van der Waals surface area contributed by atoms with Crippen molar-refractivity contribution >= 4 is 10.0 Å². The van der Waals surface area contributed by atoms with Crippen molar-refractivity contribution in [3.8, 4) is 5.75 Å². The summed E-state index contributed by atoms with van der Waals surface area (Å²) in [4.78, 5) is 0.291. The fraction of sp³-hybridized carbons (Fsp3) is 0.571. The molecule has 20 heavy (non-hydrogen) atoms. The van der Waals surface area contributed by atoms with Crippen molar-refractivity contribution < 1.29 is 13.2 Å². The molecule has 0 spiro atoms. The average molecular weight is 298 g/mol. The highest BCUT2D eigenvalue weighted by atomic mass is 32.2. The Morgan fingerprint density at radius 3 is 2.55 bits per heavy atom. The Morgan fingerprint density at radius 1 is 1.35 bits per heavy atom. The molecule has 1 unspecified atom stereocenters. The predicted octanol–water partition coefficient (Wildman–Crippen LogP) is 1.33. The third kappa shape index (κ3) is 3.31. The molecule has 0 bridgehead atoms. The summed E-state index contributed by atoms with van der Waals surface area (Å²) in [6.45, 7) is 3.88. The zero-order valence-corrected chi connectivity index (χ0v) is 13.0. The number of aryl methyl sites for hydroxylation is 2. The maximum atomic E-state index is 12.3. The smallest absolute Gasteiger partial charge is 0.240 e. The number of nitrogens with one attached hydrogen (secondary N) is 1. The van der Waals surface area contributed by atoms with Crippen molar-refractivity contribution in [3.05, 3.63) is 23.3 Å². The van der Waals surface area contributed by atoms with Gasteiger partial charge in [-0.3, -0.25) is 0 Å². The second-order valence-corrected chi connectivity index (χ2v) is 7.18. The molecule has 3 N–H and O–H groups in total. The summed E-state index contributed by atoms with van der Waals surface area (Å²) in [5.74, 6) is 1.16. The third-order valence-corrected chi connectivity index (χ3v) is 5.28. The Hall–Kier alpha value is -1.11. The molecule has 0 heterocycles. The molecular weight excluding hydrogens is 276 g/mol. The lowest BCUT2D eigenvalue weighted by Crippen LogP contribution is -2.38. The molecule has 1 saturated carbocycles. The quantitative estimate of drug-likeness (QED) is 0.830. The number of rotatable bonds is 6. The number of nitrogens with two attached hydrogens (primary N) is 1. The standard InChI is InChI=1S/C14H22N2O3S/c1-9-7-14(10(2)6-13(9)19-3)20(17,18)16-8-12(15)11-4-5-11/h6-7,11-12,16H,4-5,8,15H2,1-3H3. The number of hydrogen-bond donors (Lipinski definition) is 2. The number of ether oxygens (including phenoxy) is 1. The summed E-state index contributed by atoms with van der Waals surface area (Å²) < 4.78 is 32.5. The second-order valence-electron chi connectivity index (χ2n) is 5.44. The largest absolute Gasteiger partial charge is 0.496 e. The molecule has 5 nitrogen and oxygen atoms in total. The molecule has 1 aliphatic rings. The van der Waals surface area contributed by atoms with Crippen LogP contribution in [0.5, 0.6) is 5.75 Å². The van der Waals surface area contributed by atoms with Gasteiger partial charge in [0, 0.05) is 12.6 Å². The topological polar surface area (TPSA) is 81.4 Å². The minimum atomic E-state index is -3.52. The van der Waals surface area contributed by atoms with Crippen molar-refractivity contribution in [1.29, 1.82) is 0 Å². The van der Waals surface area contributed by atoms with Gasteiger partial charge in [-0.25, -0.2) is 13.1 Å². The maximum Gasteiger partial charge on any atom is 0.240 e. The van der Waals surface area contributed by atoms with Gasteiger partial charge < -0.3 is 10.5 Å². The molecule has 2 rings (SSSR count). The van der Waals surface area contributed by atoms with Crippen LogP contribution in [-0.2, 0) is 10.0 Å². The fourth-order valence-electron chi connectivity index (χ4n) is 2.25. The summed E-state index contributed by atoms with van der Waals surface area (Å²) in [6, 6.07) is 3.29. The minimum absolute atomic E-state index is 0.0931. The van der Waals surface area contributed by atoms with Gasteiger partial charge in [-0.2, -0.15) is 0 Å². The predicted molar refractivity (Wildman–Crippen MR) is 78.4 cm³/mol. The normalized spacial score (nSPS) is 17.0. The Kier molecular flexibility index (Phi) is 4.36. The minimum Gasteiger partial charge on any atom is -0.496 e. The first kappa shape index (κ1) is 15.3. The molecule has 0 aromatic heterocycles. The number of sulfonamides is 1. The van der Waals surface area contributed by atoms with E-state index in [0.717, 1.165) is 18.4 Å². The van der Waals surface area contributed by atoms with E-state index in [2.05, 4.69) is 4.72 Å². The first-order valence-electron chi connectivity index (χ1n) is 6.75. The molecule has 6 heteroatoms. The van der Waals surface area contributed by atoms with E-state index in [9.17, 15) is 8.42 Å². The molecule has 1 atom stereocenters. The Morgan fingerprint density at radius 2 is 2.00 bits per heavy atom. The maximum absolute atomic E-state index is 12.3. The lowest BCUT2D eigenvalue weighted by Gasteiger charge is -2.15. The van der Waals surface area contributed by atoms with E-state index in [1.54, 1.807) is 26.2 Å². The molecular formula is C14H22N2O3S. The first-order valence-corrected chi connectivity index (χ1v) is 8.24. The molecule has 0 aliphatic heterocycles. The van der Waals surface area contributed by atoms with Crippen molar-refractivity contribution in [2.75, 3.05) is 13.7 Å². The van der Waals surface area contributed by atoms with Gasteiger partial charge in [0.2, 0.25) is 10.0 Å². The Labute approximate surface area is 120 Å². The van der Waals surface area contributed by atoms with Crippen LogP contribution >= 0.6 is 0 Å². The van der Waals surface area contributed by atoms with Crippen LogP contribution in [0.3, 0.4) is 0 Å². The van der Waals surface area contributed by atoms with Gasteiger partial charge in [-0.05, 0) is 55.9 Å². The van der Waals surface area contributed by atoms with Gasteiger partial charge in [0.05, 0.1) is 12.0 Å². The van der Waals surface area contributed by atoms with Gasteiger partial charge in [-0.1, -0.05) is 0 Å². The van der Waals surface area contributed by atoms with Crippen LogP contribution in [0.15, 0.2) is 17.0 Å². The van der Waals surface area contributed by atoms with Crippen LogP contribution in [0.2, 0.25) is 0 Å². The molecule has 0 saturated heterocycles. The van der Waals surface area contributed by atoms with E-state index in [1.807, 2.05) is 6.92 Å². The lowest BCUT2D eigenvalue weighted by molar-refractivity contribution is 0.411. The monoisotopic (exact) mass is 298 g/mol. The van der Waals surface area contributed by atoms with Crippen molar-refractivity contribution in [3.63, 3.8) is 0 Å². The Balaban J connectivity index is 2.18. The van der Waals surface area contributed by atoms with Crippen LogP contribution in [0, 0.1) is 19.8 Å². The highest BCUT2D eigenvalue weighted by Gasteiger charge is 2.29. The van der Waals surface area contributed by atoms with Gasteiger partial charge in [0.25, 0.3) is 0 Å². The molecule has 1 fully saturated rings.